The Hall–Kier alpha value is -0.150. The number of hydrogen-bond donors (Lipinski definition) is 1. The maximum absolute atomic E-state index is 12.0. The third-order valence-corrected chi connectivity index (χ3v) is 2.91. The molecule has 0 spiro atoms. The molecule has 0 aromatic rings. The molecule has 0 aromatic heterocycles. The van der Waals surface area contributed by atoms with E-state index in [1.165, 1.54) is 0 Å². The largest absolute Gasteiger partial charge is 0.329 e. The van der Waals surface area contributed by atoms with Crippen LogP contribution < -0.4 is 5.73 Å². The fourth-order valence-corrected chi connectivity index (χ4v) is 1.56. The summed E-state index contributed by atoms with van der Waals surface area (Å²) in [5.41, 5.74) is 5.78. The average Bonchev–Trinajstić information content (AvgIpc) is 2.18. The van der Waals surface area contributed by atoms with E-state index >= 15 is 0 Å². The van der Waals surface area contributed by atoms with Crippen LogP contribution in [0.25, 0.3) is 0 Å². The second-order valence-corrected chi connectivity index (χ2v) is 3.68. The van der Waals surface area contributed by atoms with Crippen LogP contribution in [0.1, 0.15) is 33.6 Å². The summed E-state index contributed by atoms with van der Waals surface area (Å²) in [4.78, 5) is 2.27. The molecular weight excluding hydrogens is 167 g/mol. The quantitative estimate of drug-likeness (QED) is 0.663. The van der Waals surface area contributed by atoms with E-state index in [1.807, 2.05) is 0 Å². The smallest absolute Gasteiger partial charge is 0.0906 e. The van der Waals surface area contributed by atoms with Crippen LogP contribution in [0.15, 0.2) is 0 Å². The van der Waals surface area contributed by atoms with Crippen molar-refractivity contribution < 1.29 is 4.39 Å². The first kappa shape index (κ1) is 12.8. The molecule has 13 heavy (non-hydrogen) atoms. The van der Waals surface area contributed by atoms with Gasteiger partial charge < -0.3 is 5.73 Å². The molecule has 2 N–H and O–H groups in total. The molecular formula is C10H23FN2. The normalized spacial score (nSPS) is 16.2. The monoisotopic (exact) mass is 190 g/mol. The number of alkyl halides is 1. The first-order valence-electron chi connectivity index (χ1n) is 5.15. The molecule has 0 aliphatic heterocycles. The molecule has 0 rings (SSSR count). The lowest BCUT2D eigenvalue weighted by Crippen LogP contribution is -2.51. The van der Waals surface area contributed by atoms with Crippen molar-refractivity contribution in [3.8, 4) is 0 Å². The molecule has 80 valence electrons. The Kier molecular flexibility index (Phi) is 6.25. The summed E-state index contributed by atoms with van der Waals surface area (Å²) < 4.78 is 12.0. The highest BCUT2D eigenvalue weighted by molar-refractivity contribution is 4.85. The second kappa shape index (κ2) is 6.33. The third kappa shape index (κ3) is 3.61. The summed E-state index contributed by atoms with van der Waals surface area (Å²) in [5.74, 6) is 0. The molecule has 2 nitrogen and oxygen atoms in total. The fourth-order valence-electron chi connectivity index (χ4n) is 1.56. The molecule has 0 heterocycles. The summed E-state index contributed by atoms with van der Waals surface area (Å²) >= 11 is 0. The van der Waals surface area contributed by atoms with Crippen molar-refractivity contribution in [3.05, 3.63) is 0 Å². The van der Waals surface area contributed by atoms with Crippen LogP contribution in [-0.4, -0.2) is 36.7 Å². The fraction of sp³-hybridized carbons (Fsp3) is 1.00. The van der Waals surface area contributed by atoms with Crippen molar-refractivity contribution in [2.45, 2.75) is 39.2 Å². The second-order valence-electron chi connectivity index (χ2n) is 3.68. The predicted octanol–water partition coefficient (Wildman–Crippen LogP) is 1.80. The number of hydrogen-bond acceptors (Lipinski definition) is 2. The third-order valence-electron chi connectivity index (χ3n) is 2.91. The zero-order valence-electron chi connectivity index (χ0n) is 9.15. The van der Waals surface area contributed by atoms with Gasteiger partial charge in [0.05, 0.1) is 6.67 Å². The van der Waals surface area contributed by atoms with Gasteiger partial charge in [0.25, 0.3) is 0 Å². The van der Waals surface area contributed by atoms with E-state index in [2.05, 4.69) is 25.7 Å². The molecule has 0 aliphatic carbocycles. The van der Waals surface area contributed by atoms with Crippen LogP contribution in [0.3, 0.4) is 0 Å². The average molecular weight is 190 g/mol. The zero-order chi connectivity index (χ0) is 10.3. The van der Waals surface area contributed by atoms with Crippen LogP contribution in [0.2, 0.25) is 0 Å². The van der Waals surface area contributed by atoms with Gasteiger partial charge in [-0.1, -0.05) is 13.8 Å². The van der Waals surface area contributed by atoms with Gasteiger partial charge in [0.2, 0.25) is 0 Å². The molecule has 0 amide bonds. The van der Waals surface area contributed by atoms with Gasteiger partial charge in [-0.3, -0.25) is 9.29 Å². The Labute approximate surface area is 81.3 Å². The van der Waals surface area contributed by atoms with Gasteiger partial charge in [0, 0.05) is 18.6 Å². The van der Waals surface area contributed by atoms with Crippen LogP contribution in [0, 0.1) is 0 Å². The first-order chi connectivity index (χ1) is 6.14. The van der Waals surface area contributed by atoms with Gasteiger partial charge in [-0.15, -0.1) is 0 Å². The first-order valence-corrected chi connectivity index (χ1v) is 5.15. The molecule has 0 saturated carbocycles. The highest BCUT2D eigenvalue weighted by Gasteiger charge is 2.26. The molecule has 0 fully saturated rings. The molecule has 0 aromatic carbocycles. The molecule has 1 unspecified atom stereocenters. The molecule has 3 heteroatoms. The van der Waals surface area contributed by atoms with Crippen molar-refractivity contribution in [2.75, 3.05) is 26.3 Å². The minimum Gasteiger partial charge on any atom is -0.329 e. The van der Waals surface area contributed by atoms with Crippen molar-refractivity contribution in [1.82, 2.24) is 4.90 Å². The number of likely N-dealkylation sites (N-methyl/N-ethyl adjacent to an activating group) is 1. The SMILES string of the molecule is CCN(CCCF)C(C)(CC)CN. The minimum atomic E-state index is -0.235. The number of nitrogens with zero attached hydrogens (tertiary/aromatic N) is 1. The van der Waals surface area contributed by atoms with Crippen LogP contribution in [0.4, 0.5) is 4.39 Å². The summed E-state index contributed by atoms with van der Waals surface area (Å²) in [7, 11) is 0. The lowest BCUT2D eigenvalue weighted by molar-refractivity contribution is 0.108. The van der Waals surface area contributed by atoms with E-state index in [0.717, 1.165) is 19.5 Å². The van der Waals surface area contributed by atoms with E-state index in [4.69, 9.17) is 5.73 Å². The van der Waals surface area contributed by atoms with E-state index in [9.17, 15) is 4.39 Å². The standard InChI is InChI=1S/C10H23FN2/c1-4-10(3,9-12)13(5-2)8-6-7-11/h4-9,12H2,1-3H3. The minimum absolute atomic E-state index is 0.0456. The van der Waals surface area contributed by atoms with Gasteiger partial charge >= 0.3 is 0 Å². The highest BCUT2D eigenvalue weighted by Crippen LogP contribution is 2.17. The van der Waals surface area contributed by atoms with E-state index < -0.39 is 0 Å². The Morgan fingerprint density at radius 3 is 2.31 bits per heavy atom. The van der Waals surface area contributed by atoms with Crippen LogP contribution in [-0.2, 0) is 0 Å². The van der Waals surface area contributed by atoms with Gasteiger partial charge in [0.15, 0.2) is 0 Å². The van der Waals surface area contributed by atoms with Crippen molar-refractivity contribution in [3.63, 3.8) is 0 Å². The summed E-state index contributed by atoms with van der Waals surface area (Å²) in [6.07, 6.45) is 1.63. The topological polar surface area (TPSA) is 29.3 Å². The molecule has 0 aliphatic rings. The van der Waals surface area contributed by atoms with E-state index in [-0.39, 0.29) is 12.2 Å². The Morgan fingerprint density at radius 2 is 2.00 bits per heavy atom. The van der Waals surface area contributed by atoms with Crippen molar-refractivity contribution in [2.24, 2.45) is 5.73 Å². The van der Waals surface area contributed by atoms with Gasteiger partial charge in [-0.2, -0.15) is 0 Å². The van der Waals surface area contributed by atoms with Crippen LogP contribution >= 0.6 is 0 Å². The highest BCUT2D eigenvalue weighted by atomic mass is 19.1. The zero-order valence-corrected chi connectivity index (χ0v) is 9.15. The Bertz CT molecular complexity index is 124. The van der Waals surface area contributed by atoms with Gasteiger partial charge in [-0.05, 0) is 26.3 Å². The van der Waals surface area contributed by atoms with Gasteiger partial charge in [-0.25, -0.2) is 0 Å². The van der Waals surface area contributed by atoms with E-state index in [0.29, 0.717) is 13.0 Å². The van der Waals surface area contributed by atoms with Crippen molar-refractivity contribution >= 4 is 0 Å². The van der Waals surface area contributed by atoms with Crippen molar-refractivity contribution in [1.29, 1.82) is 0 Å². The summed E-state index contributed by atoms with van der Waals surface area (Å²) in [6, 6.07) is 0. The number of halogens is 1. The van der Waals surface area contributed by atoms with E-state index in [1.54, 1.807) is 0 Å². The predicted molar refractivity (Wildman–Crippen MR) is 55.6 cm³/mol. The molecule has 1 atom stereocenters. The summed E-state index contributed by atoms with van der Waals surface area (Å²) in [5, 5.41) is 0. The Balaban J connectivity index is 4.16. The lowest BCUT2D eigenvalue weighted by Gasteiger charge is -2.39. The number of rotatable bonds is 7. The maximum Gasteiger partial charge on any atom is 0.0906 e. The molecule has 0 bridgehead atoms. The number of nitrogens with two attached hydrogens (primary N) is 1. The molecule has 0 radical (unpaired) electrons. The summed E-state index contributed by atoms with van der Waals surface area (Å²) in [6.45, 7) is 8.54. The lowest BCUT2D eigenvalue weighted by atomic mass is 9.96. The van der Waals surface area contributed by atoms with Gasteiger partial charge in [0.1, 0.15) is 0 Å². The van der Waals surface area contributed by atoms with Crippen LogP contribution in [0.5, 0.6) is 0 Å². The molecule has 0 saturated heterocycles. The Morgan fingerprint density at radius 1 is 1.38 bits per heavy atom. The maximum atomic E-state index is 12.0.